The van der Waals surface area contributed by atoms with Crippen LogP contribution in [0, 0.1) is 0 Å². The summed E-state index contributed by atoms with van der Waals surface area (Å²) in [6.07, 6.45) is 0. The number of para-hydroxylation sites is 5. The third-order valence-corrected chi connectivity index (χ3v) is 15.0. The Balaban J connectivity index is 1.05. The van der Waals surface area contributed by atoms with Crippen molar-refractivity contribution in [2.75, 3.05) is 0 Å². The molecule has 10 aromatic carbocycles. The number of furan rings is 1. The zero-order valence-electron chi connectivity index (χ0n) is 38.4. The predicted octanol–water partition coefficient (Wildman–Crippen LogP) is 16.4. The van der Waals surface area contributed by atoms with Gasteiger partial charge in [0, 0.05) is 71.2 Å². The summed E-state index contributed by atoms with van der Waals surface area (Å²) in [6.45, 7) is 4.64. The van der Waals surface area contributed by atoms with E-state index in [-0.39, 0.29) is 5.41 Å². The molecule has 0 atom stereocenters. The molecule has 4 aromatic heterocycles. The quantitative estimate of drug-likeness (QED) is 0.173. The fourth-order valence-electron chi connectivity index (χ4n) is 11.7. The highest BCUT2D eigenvalue weighted by molar-refractivity contribution is 6.31. The SMILES string of the molecule is CC1(C)c2ccccc2-c2ccc(-c3nc(-c4ccc5c(c4)c4ccccc4n5-c4ccccc4)nc(-c4cc5c(c6ccccc6n5-c5ccccc5)c5c4ccc4c6ccccc6oc45)n3)cc21. The van der Waals surface area contributed by atoms with Gasteiger partial charge < -0.3 is 13.6 Å². The fourth-order valence-corrected chi connectivity index (χ4v) is 11.7. The molecule has 0 bridgehead atoms. The highest BCUT2D eigenvalue weighted by Crippen LogP contribution is 2.50. The highest BCUT2D eigenvalue weighted by Gasteiger charge is 2.35. The van der Waals surface area contributed by atoms with Gasteiger partial charge in [0.25, 0.3) is 0 Å². The van der Waals surface area contributed by atoms with Gasteiger partial charge >= 0.3 is 0 Å². The summed E-state index contributed by atoms with van der Waals surface area (Å²) in [7, 11) is 0. The zero-order valence-corrected chi connectivity index (χ0v) is 38.4. The normalized spacial score (nSPS) is 13.1. The maximum atomic E-state index is 6.95. The second kappa shape index (κ2) is 14.4. The predicted molar refractivity (Wildman–Crippen MR) is 287 cm³/mol. The van der Waals surface area contributed by atoms with Crippen LogP contribution in [0.15, 0.2) is 217 Å². The van der Waals surface area contributed by atoms with Crippen LogP contribution in [-0.2, 0) is 5.41 Å². The van der Waals surface area contributed by atoms with Crippen molar-refractivity contribution in [2.24, 2.45) is 0 Å². The lowest BCUT2D eigenvalue weighted by atomic mass is 9.82. The Labute approximate surface area is 402 Å². The Hall–Kier alpha value is -9.13. The molecular formula is C64H41N5O. The van der Waals surface area contributed by atoms with Crippen LogP contribution in [0.1, 0.15) is 25.0 Å². The van der Waals surface area contributed by atoms with Crippen LogP contribution in [0.4, 0.5) is 0 Å². The summed E-state index contributed by atoms with van der Waals surface area (Å²) >= 11 is 0. The molecule has 0 radical (unpaired) electrons. The molecule has 6 nitrogen and oxygen atoms in total. The van der Waals surface area contributed by atoms with Gasteiger partial charge in [-0.05, 0) is 107 Å². The van der Waals surface area contributed by atoms with Crippen LogP contribution in [0.5, 0.6) is 0 Å². The second-order valence-electron chi connectivity index (χ2n) is 19.1. The van der Waals surface area contributed by atoms with Crippen LogP contribution in [0.3, 0.4) is 0 Å². The molecule has 6 heteroatoms. The average Bonchev–Trinajstić information content (AvgIpc) is 4.13. The van der Waals surface area contributed by atoms with Crippen LogP contribution >= 0.6 is 0 Å². The van der Waals surface area contributed by atoms with E-state index in [0.717, 1.165) is 104 Å². The van der Waals surface area contributed by atoms with E-state index in [4.69, 9.17) is 19.4 Å². The first-order valence-electron chi connectivity index (χ1n) is 23.9. The van der Waals surface area contributed by atoms with E-state index in [0.29, 0.717) is 17.5 Å². The Morgan fingerprint density at radius 2 is 0.914 bits per heavy atom. The molecule has 0 saturated heterocycles. The van der Waals surface area contributed by atoms with Crippen molar-refractivity contribution in [3.63, 3.8) is 0 Å². The van der Waals surface area contributed by atoms with Crippen LogP contribution in [0.25, 0.3) is 133 Å². The van der Waals surface area contributed by atoms with Gasteiger partial charge in [-0.1, -0.05) is 147 Å². The van der Waals surface area contributed by atoms with E-state index >= 15 is 0 Å². The van der Waals surface area contributed by atoms with Crippen molar-refractivity contribution in [3.8, 4) is 56.7 Å². The van der Waals surface area contributed by atoms with Gasteiger partial charge in [-0.25, -0.2) is 15.0 Å². The Morgan fingerprint density at radius 1 is 0.357 bits per heavy atom. The van der Waals surface area contributed by atoms with Crippen molar-refractivity contribution in [2.45, 2.75) is 19.3 Å². The average molecular weight is 896 g/mol. The summed E-state index contributed by atoms with van der Waals surface area (Å²) in [6, 6.07) is 75.8. The Morgan fingerprint density at radius 3 is 1.69 bits per heavy atom. The number of hydrogen-bond acceptors (Lipinski definition) is 4. The third-order valence-electron chi connectivity index (χ3n) is 15.0. The van der Waals surface area contributed by atoms with Gasteiger partial charge in [-0.15, -0.1) is 0 Å². The maximum absolute atomic E-state index is 6.95. The van der Waals surface area contributed by atoms with E-state index < -0.39 is 0 Å². The van der Waals surface area contributed by atoms with E-state index in [9.17, 15) is 0 Å². The molecule has 0 N–H and O–H groups in total. The van der Waals surface area contributed by atoms with Crippen LogP contribution in [-0.4, -0.2) is 24.1 Å². The minimum Gasteiger partial charge on any atom is -0.455 e. The lowest BCUT2D eigenvalue weighted by Gasteiger charge is -2.21. The van der Waals surface area contributed by atoms with E-state index in [1.54, 1.807) is 0 Å². The molecule has 1 aliphatic carbocycles. The lowest BCUT2D eigenvalue weighted by Crippen LogP contribution is -2.15. The summed E-state index contributed by atoms with van der Waals surface area (Å²) < 4.78 is 11.7. The second-order valence-corrected chi connectivity index (χ2v) is 19.1. The van der Waals surface area contributed by atoms with Gasteiger partial charge in [-0.2, -0.15) is 0 Å². The fraction of sp³-hybridized carbons (Fsp3) is 0.0469. The van der Waals surface area contributed by atoms with Gasteiger partial charge in [0.1, 0.15) is 11.2 Å². The Bertz CT molecular complexity index is 4500. The lowest BCUT2D eigenvalue weighted by molar-refractivity contribution is 0.660. The van der Waals surface area contributed by atoms with E-state index in [1.807, 2.05) is 6.07 Å². The summed E-state index contributed by atoms with van der Waals surface area (Å²) in [5, 5.41) is 8.75. The monoisotopic (exact) mass is 895 g/mol. The molecule has 0 amide bonds. The van der Waals surface area contributed by atoms with Gasteiger partial charge in [-0.3, -0.25) is 0 Å². The van der Waals surface area contributed by atoms with Gasteiger partial charge in [0.15, 0.2) is 17.5 Å². The van der Waals surface area contributed by atoms with Crippen molar-refractivity contribution >= 4 is 76.3 Å². The van der Waals surface area contributed by atoms with Crippen molar-refractivity contribution < 1.29 is 4.42 Å². The largest absolute Gasteiger partial charge is 0.455 e. The number of fused-ring (bicyclic) bond motifs is 15. The highest BCUT2D eigenvalue weighted by atomic mass is 16.3. The van der Waals surface area contributed by atoms with E-state index in [1.165, 1.54) is 22.3 Å². The molecule has 1 aliphatic rings. The molecule has 0 unspecified atom stereocenters. The number of aromatic nitrogens is 5. The van der Waals surface area contributed by atoms with Gasteiger partial charge in [0.05, 0.1) is 22.1 Å². The van der Waals surface area contributed by atoms with Crippen LogP contribution in [0.2, 0.25) is 0 Å². The van der Waals surface area contributed by atoms with Crippen LogP contribution < -0.4 is 0 Å². The summed E-state index contributed by atoms with van der Waals surface area (Å²) in [5.41, 5.74) is 15.9. The molecule has 0 fully saturated rings. The first kappa shape index (κ1) is 38.9. The van der Waals surface area contributed by atoms with E-state index in [2.05, 4.69) is 229 Å². The van der Waals surface area contributed by atoms with Crippen molar-refractivity contribution in [1.82, 2.24) is 24.1 Å². The van der Waals surface area contributed by atoms with Gasteiger partial charge in [0.2, 0.25) is 0 Å². The molecule has 0 spiro atoms. The maximum Gasteiger partial charge on any atom is 0.164 e. The topological polar surface area (TPSA) is 61.7 Å². The molecule has 70 heavy (non-hydrogen) atoms. The minimum absolute atomic E-state index is 0.206. The number of benzene rings is 10. The smallest absolute Gasteiger partial charge is 0.164 e. The molecular weight excluding hydrogens is 855 g/mol. The molecule has 14 aromatic rings. The first-order valence-corrected chi connectivity index (χ1v) is 23.9. The number of nitrogens with zero attached hydrogens (tertiary/aromatic N) is 5. The van der Waals surface area contributed by atoms with Crippen molar-refractivity contribution in [1.29, 1.82) is 0 Å². The first-order chi connectivity index (χ1) is 34.5. The number of rotatable bonds is 5. The molecule has 328 valence electrons. The minimum atomic E-state index is -0.206. The zero-order chi connectivity index (χ0) is 46.2. The number of hydrogen-bond donors (Lipinski definition) is 0. The standard InChI is InChI=1S/C64H41N5O/c1-64(2)51-25-13-9-21-42(51)43-31-29-39(36-52(43)64)62-65-61(38-30-34-55-49(35-38)44-22-10-14-26-53(44)68(55)40-17-5-3-6-18-40)66-63(67-62)50-37-56-58(48-24-11-15-27-54(48)69(56)41-19-7-4-8-20-41)59-46(50)32-33-47-45-23-12-16-28-57(45)70-60(47)59/h3-37H,1-2H3. The summed E-state index contributed by atoms with van der Waals surface area (Å²) in [5.74, 6) is 1.80. The Kier molecular flexibility index (Phi) is 8.03. The van der Waals surface area contributed by atoms with Crippen molar-refractivity contribution in [3.05, 3.63) is 223 Å². The molecule has 0 aliphatic heterocycles. The molecule has 4 heterocycles. The molecule has 0 saturated carbocycles. The summed E-state index contributed by atoms with van der Waals surface area (Å²) in [4.78, 5) is 16.5. The third kappa shape index (κ3) is 5.47. The molecule has 15 rings (SSSR count).